The van der Waals surface area contributed by atoms with Gasteiger partial charge in [0.2, 0.25) is 0 Å². The van der Waals surface area contributed by atoms with Gasteiger partial charge in [-0.15, -0.1) is 0 Å². The molecule has 0 spiro atoms. The first-order chi connectivity index (χ1) is 10.0. The molecular formula is C15H15FN2O3. The molecule has 0 saturated heterocycles. The normalized spacial score (nSPS) is 10.2. The van der Waals surface area contributed by atoms with E-state index in [4.69, 9.17) is 20.9 Å². The molecule has 0 aromatic heterocycles. The van der Waals surface area contributed by atoms with Crippen LogP contribution in [0.4, 0.5) is 10.1 Å². The lowest BCUT2D eigenvalue weighted by Crippen LogP contribution is -2.12. The fourth-order valence-electron chi connectivity index (χ4n) is 1.78. The van der Waals surface area contributed by atoms with Crippen LogP contribution in [0.3, 0.4) is 0 Å². The van der Waals surface area contributed by atoms with E-state index in [1.54, 1.807) is 18.2 Å². The summed E-state index contributed by atoms with van der Waals surface area (Å²) in [5.41, 5.74) is 11.1. The number of rotatable bonds is 5. The van der Waals surface area contributed by atoms with Crippen molar-refractivity contribution in [1.29, 1.82) is 0 Å². The second kappa shape index (κ2) is 6.13. The fourth-order valence-corrected chi connectivity index (χ4v) is 1.78. The summed E-state index contributed by atoms with van der Waals surface area (Å²) in [6.07, 6.45) is 0. The lowest BCUT2D eigenvalue weighted by Gasteiger charge is -2.12. The minimum Gasteiger partial charge on any atom is -0.492 e. The third kappa shape index (κ3) is 3.22. The van der Waals surface area contributed by atoms with Gasteiger partial charge in [-0.1, -0.05) is 6.07 Å². The van der Waals surface area contributed by atoms with Crippen LogP contribution < -0.4 is 20.9 Å². The van der Waals surface area contributed by atoms with E-state index in [0.29, 0.717) is 23.8 Å². The van der Waals surface area contributed by atoms with E-state index in [1.807, 2.05) is 6.92 Å². The van der Waals surface area contributed by atoms with Gasteiger partial charge in [0.15, 0.2) is 5.75 Å². The Kier molecular flexibility index (Phi) is 4.27. The highest BCUT2D eigenvalue weighted by Gasteiger charge is 2.12. The molecule has 1 amide bonds. The van der Waals surface area contributed by atoms with Crippen LogP contribution in [0.5, 0.6) is 17.2 Å². The molecule has 2 aromatic rings. The van der Waals surface area contributed by atoms with Gasteiger partial charge < -0.3 is 20.9 Å². The van der Waals surface area contributed by atoms with Gasteiger partial charge in [-0.3, -0.25) is 4.79 Å². The van der Waals surface area contributed by atoms with Gasteiger partial charge >= 0.3 is 0 Å². The van der Waals surface area contributed by atoms with E-state index < -0.39 is 11.7 Å². The zero-order valence-electron chi connectivity index (χ0n) is 11.4. The van der Waals surface area contributed by atoms with Crippen molar-refractivity contribution in [3.63, 3.8) is 0 Å². The number of ether oxygens (including phenoxy) is 2. The maximum Gasteiger partial charge on any atom is 0.251 e. The van der Waals surface area contributed by atoms with Crippen LogP contribution in [0, 0.1) is 5.82 Å². The van der Waals surface area contributed by atoms with E-state index in [-0.39, 0.29) is 11.3 Å². The molecule has 0 aliphatic rings. The van der Waals surface area contributed by atoms with Crippen molar-refractivity contribution in [2.45, 2.75) is 6.92 Å². The number of halogens is 1. The number of hydrogen-bond acceptors (Lipinski definition) is 4. The number of nitrogen functional groups attached to an aromatic ring is 1. The number of carbonyl (C=O) groups is 1. The lowest BCUT2D eigenvalue weighted by molar-refractivity contribution is 0.0996. The van der Waals surface area contributed by atoms with Gasteiger partial charge in [0, 0.05) is 6.07 Å². The van der Waals surface area contributed by atoms with Crippen molar-refractivity contribution in [3.8, 4) is 17.2 Å². The first-order valence-electron chi connectivity index (χ1n) is 6.31. The molecule has 0 aliphatic heterocycles. The number of anilines is 1. The Labute approximate surface area is 121 Å². The molecule has 0 bridgehead atoms. The Morgan fingerprint density at radius 2 is 1.95 bits per heavy atom. The summed E-state index contributed by atoms with van der Waals surface area (Å²) in [6.45, 7) is 2.31. The zero-order valence-corrected chi connectivity index (χ0v) is 11.4. The van der Waals surface area contributed by atoms with Gasteiger partial charge in [-0.05, 0) is 31.2 Å². The molecule has 21 heavy (non-hydrogen) atoms. The Morgan fingerprint density at radius 3 is 2.57 bits per heavy atom. The molecule has 0 unspecified atom stereocenters. The molecule has 0 radical (unpaired) electrons. The molecule has 5 nitrogen and oxygen atoms in total. The van der Waals surface area contributed by atoms with Gasteiger partial charge in [0.25, 0.3) is 5.91 Å². The predicted molar refractivity (Wildman–Crippen MR) is 77.0 cm³/mol. The van der Waals surface area contributed by atoms with Crippen LogP contribution in [0.2, 0.25) is 0 Å². The van der Waals surface area contributed by atoms with Crippen molar-refractivity contribution >= 4 is 11.6 Å². The first kappa shape index (κ1) is 14.6. The maximum absolute atomic E-state index is 13.7. The summed E-state index contributed by atoms with van der Waals surface area (Å²) in [4.78, 5) is 11.0. The monoisotopic (exact) mass is 290 g/mol. The first-order valence-corrected chi connectivity index (χ1v) is 6.31. The highest BCUT2D eigenvalue weighted by Crippen LogP contribution is 2.34. The Hall–Kier alpha value is -2.76. The van der Waals surface area contributed by atoms with Gasteiger partial charge in [-0.2, -0.15) is 0 Å². The summed E-state index contributed by atoms with van der Waals surface area (Å²) in [6, 6.07) is 8.84. The molecule has 0 saturated carbocycles. The third-order valence-electron chi connectivity index (χ3n) is 2.76. The Balaban J connectivity index is 2.28. The van der Waals surface area contributed by atoms with Crippen LogP contribution in [0.1, 0.15) is 17.3 Å². The lowest BCUT2D eigenvalue weighted by atomic mass is 10.2. The number of carbonyl (C=O) groups excluding carboxylic acids is 1. The van der Waals surface area contributed by atoms with Crippen LogP contribution in [-0.4, -0.2) is 12.5 Å². The number of hydrogen-bond donors (Lipinski definition) is 2. The van der Waals surface area contributed by atoms with Crippen molar-refractivity contribution in [1.82, 2.24) is 0 Å². The zero-order chi connectivity index (χ0) is 15.4. The number of para-hydroxylation sites is 1. The largest absolute Gasteiger partial charge is 0.492 e. The van der Waals surface area contributed by atoms with Gasteiger partial charge in [0.05, 0.1) is 12.2 Å². The molecule has 4 N–H and O–H groups in total. The van der Waals surface area contributed by atoms with Crippen LogP contribution >= 0.6 is 0 Å². The van der Waals surface area contributed by atoms with Crippen molar-refractivity contribution in [2.24, 2.45) is 5.73 Å². The Bertz CT molecular complexity index is 674. The molecular weight excluding hydrogens is 275 g/mol. The molecule has 110 valence electrons. The van der Waals surface area contributed by atoms with E-state index in [1.165, 1.54) is 12.1 Å². The summed E-state index contributed by atoms with van der Waals surface area (Å²) in [7, 11) is 0. The average molecular weight is 290 g/mol. The van der Waals surface area contributed by atoms with Crippen molar-refractivity contribution in [2.75, 3.05) is 12.3 Å². The smallest absolute Gasteiger partial charge is 0.251 e. The SMILES string of the molecule is CCOc1cccc(Oc2ccc(C(N)=O)c(F)c2)c1N. The predicted octanol–water partition coefficient (Wildman–Crippen LogP) is 2.70. The minimum atomic E-state index is -0.836. The van der Waals surface area contributed by atoms with Crippen LogP contribution in [0.15, 0.2) is 36.4 Å². The van der Waals surface area contributed by atoms with E-state index in [9.17, 15) is 9.18 Å². The molecule has 0 heterocycles. The molecule has 0 fully saturated rings. The Morgan fingerprint density at radius 1 is 1.24 bits per heavy atom. The fraction of sp³-hybridized carbons (Fsp3) is 0.133. The second-order valence-corrected chi connectivity index (χ2v) is 4.21. The summed E-state index contributed by atoms with van der Waals surface area (Å²) in [5.74, 6) is -0.550. The number of benzene rings is 2. The highest BCUT2D eigenvalue weighted by molar-refractivity contribution is 5.93. The summed E-state index contributed by atoms with van der Waals surface area (Å²) >= 11 is 0. The minimum absolute atomic E-state index is 0.196. The number of primary amides is 1. The molecule has 2 aromatic carbocycles. The van der Waals surface area contributed by atoms with Gasteiger partial charge in [0.1, 0.15) is 23.0 Å². The summed E-state index contributed by atoms with van der Waals surface area (Å²) in [5, 5.41) is 0. The standard InChI is InChI=1S/C15H15FN2O3/c1-2-20-12-4-3-5-13(14(12)17)21-9-6-7-10(15(18)19)11(16)8-9/h3-8H,2,17H2,1H3,(H2,18,19). The molecule has 6 heteroatoms. The van der Waals surface area contributed by atoms with E-state index >= 15 is 0 Å². The topological polar surface area (TPSA) is 87.6 Å². The quantitative estimate of drug-likeness (QED) is 0.829. The number of amides is 1. The number of nitrogens with two attached hydrogens (primary N) is 2. The maximum atomic E-state index is 13.7. The summed E-state index contributed by atoms with van der Waals surface area (Å²) < 4.78 is 24.5. The van der Waals surface area contributed by atoms with Gasteiger partial charge in [-0.25, -0.2) is 4.39 Å². The highest BCUT2D eigenvalue weighted by atomic mass is 19.1. The van der Waals surface area contributed by atoms with E-state index in [0.717, 1.165) is 6.07 Å². The average Bonchev–Trinajstić information content (AvgIpc) is 2.43. The second-order valence-electron chi connectivity index (χ2n) is 4.21. The molecule has 0 atom stereocenters. The third-order valence-corrected chi connectivity index (χ3v) is 2.76. The van der Waals surface area contributed by atoms with E-state index in [2.05, 4.69) is 0 Å². The molecule has 0 aliphatic carbocycles. The van der Waals surface area contributed by atoms with Crippen molar-refractivity contribution in [3.05, 3.63) is 47.8 Å². The van der Waals surface area contributed by atoms with Crippen LogP contribution in [0.25, 0.3) is 0 Å². The van der Waals surface area contributed by atoms with Crippen LogP contribution in [-0.2, 0) is 0 Å². The van der Waals surface area contributed by atoms with Crippen molar-refractivity contribution < 1.29 is 18.7 Å². The molecule has 2 rings (SSSR count).